The Bertz CT molecular complexity index is 338. The first-order valence-corrected chi connectivity index (χ1v) is 6.25. The van der Waals surface area contributed by atoms with Crippen molar-refractivity contribution in [3.8, 4) is 0 Å². The van der Waals surface area contributed by atoms with Crippen LogP contribution in [0.3, 0.4) is 0 Å². The van der Waals surface area contributed by atoms with E-state index >= 15 is 0 Å². The maximum Gasteiger partial charge on any atom is 0.0961 e. The van der Waals surface area contributed by atoms with E-state index in [2.05, 4.69) is 0 Å². The largest absolute Gasteiger partial charge is 0.372 e. The van der Waals surface area contributed by atoms with E-state index in [0.29, 0.717) is 6.54 Å². The smallest absolute Gasteiger partial charge is 0.0961 e. The molecule has 16 heavy (non-hydrogen) atoms. The van der Waals surface area contributed by atoms with Crippen molar-refractivity contribution in [2.24, 2.45) is 11.7 Å². The van der Waals surface area contributed by atoms with Gasteiger partial charge in [-0.3, -0.25) is 0 Å². The van der Waals surface area contributed by atoms with Crippen LogP contribution in [0.4, 0.5) is 0 Å². The topological polar surface area (TPSA) is 35.2 Å². The summed E-state index contributed by atoms with van der Waals surface area (Å²) in [5.74, 6) is 0.893. The predicted molar refractivity (Wildman–Crippen MR) is 66.5 cm³/mol. The third-order valence-electron chi connectivity index (χ3n) is 3.01. The van der Waals surface area contributed by atoms with Gasteiger partial charge >= 0.3 is 0 Å². The van der Waals surface area contributed by atoms with E-state index in [-0.39, 0.29) is 6.10 Å². The average Bonchev–Trinajstić information content (AvgIpc) is 3.10. The Balaban J connectivity index is 1.90. The summed E-state index contributed by atoms with van der Waals surface area (Å²) in [6, 6.07) is 7.75. The molecule has 0 aromatic heterocycles. The molecule has 0 aliphatic heterocycles. The zero-order chi connectivity index (χ0) is 11.4. The second-order valence-corrected chi connectivity index (χ2v) is 4.76. The average molecular weight is 240 g/mol. The van der Waals surface area contributed by atoms with E-state index in [9.17, 15) is 0 Å². The van der Waals surface area contributed by atoms with Gasteiger partial charge in [0, 0.05) is 23.7 Å². The van der Waals surface area contributed by atoms with Gasteiger partial charge in [0.15, 0.2) is 0 Å². The van der Waals surface area contributed by atoms with Gasteiger partial charge in [0.05, 0.1) is 6.10 Å². The molecule has 0 bridgehead atoms. The molecular formula is C13H18ClNO. The van der Waals surface area contributed by atoms with E-state index in [1.807, 2.05) is 24.3 Å². The minimum atomic E-state index is -0.0625. The van der Waals surface area contributed by atoms with Crippen LogP contribution in [0.25, 0.3) is 0 Å². The minimum absolute atomic E-state index is 0.0625. The minimum Gasteiger partial charge on any atom is -0.372 e. The Labute approximate surface area is 102 Å². The van der Waals surface area contributed by atoms with E-state index in [0.717, 1.165) is 29.5 Å². The third kappa shape index (κ3) is 3.21. The number of hydrogen-bond acceptors (Lipinski definition) is 2. The molecule has 1 aliphatic carbocycles. The summed E-state index contributed by atoms with van der Waals surface area (Å²) in [7, 11) is 0. The second kappa shape index (κ2) is 5.67. The monoisotopic (exact) mass is 239 g/mol. The maximum atomic E-state index is 6.12. The van der Waals surface area contributed by atoms with Crippen molar-refractivity contribution < 1.29 is 4.74 Å². The van der Waals surface area contributed by atoms with Crippen LogP contribution in [0.15, 0.2) is 24.3 Å². The van der Waals surface area contributed by atoms with Crippen molar-refractivity contribution in [2.45, 2.75) is 25.4 Å². The predicted octanol–water partition coefficient (Wildman–Crippen LogP) is 3.16. The lowest BCUT2D eigenvalue weighted by molar-refractivity contribution is 0.0546. The number of benzene rings is 1. The lowest BCUT2D eigenvalue weighted by atomic mass is 10.1. The van der Waals surface area contributed by atoms with Gasteiger partial charge in [0.1, 0.15) is 0 Å². The van der Waals surface area contributed by atoms with Crippen LogP contribution >= 0.6 is 11.6 Å². The molecule has 1 atom stereocenters. The van der Waals surface area contributed by atoms with Crippen molar-refractivity contribution in [3.05, 3.63) is 34.9 Å². The summed E-state index contributed by atoms with van der Waals surface area (Å²) in [6.07, 6.45) is 3.82. The molecule has 2 rings (SSSR count). The number of ether oxygens (including phenoxy) is 1. The zero-order valence-electron chi connectivity index (χ0n) is 9.36. The molecule has 1 unspecified atom stereocenters. The molecule has 1 aromatic carbocycles. The molecule has 1 fully saturated rings. The first-order valence-electron chi connectivity index (χ1n) is 5.87. The van der Waals surface area contributed by atoms with Gasteiger partial charge in [-0.2, -0.15) is 0 Å². The highest BCUT2D eigenvalue weighted by Gasteiger charge is 2.21. The van der Waals surface area contributed by atoms with Crippen molar-refractivity contribution in [2.75, 3.05) is 13.2 Å². The van der Waals surface area contributed by atoms with Crippen molar-refractivity contribution >= 4 is 11.6 Å². The van der Waals surface area contributed by atoms with Gasteiger partial charge in [-0.05, 0) is 18.4 Å². The fraction of sp³-hybridized carbons (Fsp3) is 0.538. The molecule has 0 saturated heterocycles. The van der Waals surface area contributed by atoms with Crippen LogP contribution in [0.1, 0.15) is 30.9 Å². The quantitative estimate of drug-likeness (QED) is 0.828. The first-order chi connectivity index (χ1) is 7.81. The van der Waals surface area contributed by atoms with Gasteiger partial charge in [-0.15, -0.1) is 0 Å². The summed E-state index contributed by atoms with van der Waals surface area (Å²) in [5.41, 5.74) is 6.72. The Morgan fingerprint density at radius 2 is 2.12 bits per heavy atom. The molecule has 0 heterocycles. The molecule has 0 spiro atoms. The standard InChI is InChI=1S/C13H18ClNO/c14-12-4-2-1-3-11(12)13(9-15)16-8-7-10-5-6-10/h1-4,10,13H,5-9,15H2. The summed E-state index contributed by atoms with van der Waals surface area (Å²) < 4.78 is 5.80. The lowest BCUT2D eigenvalue weighted by Crippen LogP contribution is -2.17. The summed E-state index contributed by atoms with van der Waals surface area (Å²) in [5, 5.41) is 0.740. The molecule has 0 amide bonds. The SMILES string of the molecule is NCC(OCCC1CC1)c1ccccc1Cl. The number of nitrogens with two attached hydrogens (primary N) is 1. The molecule has 2 N–H and O–H groups in total. The highest BCUT2D eigenvalue weighted by molar-refractivity contribution is 6.31. The number of halogens is 1. The molecule has 1 aromatic rings. The van der Waals surface area contributed by atoms with Gasteiger partial charge in [0.2, 0.25) is 0 Å². The van der Waals surface area contributed by atoms with Crippen LogP contribution in [0.5, 0.6) is 0 Å². The highest BCUT2D eigenvalue weighted by atomic mass is 35.5. The number of rotatable bonds is 6. The fourth-order valence-corrected chi connectivity index (χ4v) is 2.06. The van der Waals surface area contributed by atoms with E-state index < -0.39 is 0 Å². The fourth-order valence-electron chi connectivity index (χ4n) is 1.80. The van der Waals surface area contributed by atoms with Crippen LogP contribution in [0.2, 0.25) is 5.02 Å². The molecule has 1 aliphatic rings. The van der Waals surface area contributed by atoms with Gasteiger partial charge in [0.25, 0.3) is 0 Å². The lowest BCUT2D eigenvalue weighted by Gasteiger charge is -2.17. The van der Waals surface area contributed by atoms with Crippen molar-refractivity contribution in [1.82, 2.24) is 0 Å². The third-order valence-corrected chi connectivity index (χ3v) is 3.35. The summed E-state index contributed by atoms with van der Waals surface area (Å²) in [6.45, 7) is 1.27. The van der Waals surface area contributed by atoms with E-state index in [1.54, 1.807) is 0 Å². The van der Waals surface area contributed by atoms with Gasteiger partial charge in [-0.1, -0.05) is 42.6 Å². The van der Waals surface area contributed by atoms with Crippen molar-refractivity contribution in [1.29, 1.82) is 0 Å². The molecule has 0 radical (unpaired) electrons. The van der Waals surface area contributed by atoms with Gasteiger partial charge < -0.3 is 10.5 Å². The Morgan fingerprint density at radius 3 is 2.75 bits per heavy atom. The molecule has 88 valence electrons. The van der Waals surface area contributed by atoms with Crippen LogP contribution < -0.4 is 5.73 Å². The maximum absolute atomic E-state index is 6.12. The van der Waals surface area contributed by atoms with Crippen LogP contribution in [0, 0.1) is 5.92 Å². The normalized spacial score (nSPS) is 17.4. The summed E-state index contributed by atoms with van der Waals surface area (Å²) in [4.78, 5) is 0. The number of hydrogen-bond donors (Lipinski definition) is 1. The van der Waals surface area contributed by atoms with Gasteiger partial charge in [-0.25, -0.2) is 0 Å². The second-order valence-electron chi connectivity index (χ2n) is 4.35. The Morgan fingerprint density at radius 1 is 1.38 bits per heavy atom. The highest BCUT2D eigenvalue weighted by Crippen LogP contribution is 2.33. The molecular weight excluding hydrogens is 222 g/mol. The molecule has 1 saturated carbocycles. The van der Waals surface area contributed by atoms with Crippen LogP contribution in [-0.4, -0.2) is 13.2 Å². The molecule has 3 heteroatoms. The zero-order valence-corrected chi connectivity index (χ0v) is 10.1. The van der Waals surface area contributed by atoms with Crippen molar-refractivity contribution in [3.63, 3.8) is 0 Å². The van der Waals surface area contributed by atoms with E-state index in [4.69, 9.17) is 22.1 Å². The molecule has 2 nitrogen and oxygen atoms in total. The van der Waals surface area contributed by atoms with Crippen LogP contribution in [-0.2, 0) is 4.74 Å². The Hall–Kier alpha value is -0.570. The first kappa shape index (κ1) is 11.9. The Kier molecular flexibility index (Phi) is 4.22. The summed E-state index contributed by atoms with van der Waals surface area (Å²) >= 11 is 6.12. The van der Waals surface area contributed by atoms with E-state index in [1.165, 1.54) is 12.8 Å².